The Morgan fingerprint density at radius 1 is 1.15 bits per heavy atom. The topological polar surface area (TPSA) is 139 Å². The Morgan fingerprint density at radius 2 is 1.92 bits per heavy atom. The third-order valence-corrected chi connectivity index (χ3v) is 6.48. The number of rotatable bonds is 7. The fraction of sp³-hybridized carbons (Fsp3) is 0.346. The highest BCUT2D eigenvalue weighted by atomic mass is 19.1. The molecule has 0 aliphatic carbocycles. The lowest BCUT2D eigenvalue weighted by Crippen LogP contribution is -2.36. The van der Waals surface area contributed by atoms with Crippen molar-refractivity contribution < 1.29 is 13.9 Å². The smallest absolute Gasteiger partial charge is 0.261 e. The number of halogens is 1. The monoisotopic (exact) mass is 535 g/mol. The molecule has 3 N–H and O–H groups in total. The van der Waals surface area contributed by atoms with Gasteiger partial charge in [0.15, 0.2) is 11.6 Å². The quantitative estimate of drug-likeness (QED) is 0.287. The normalized spacial score (nSPS) is 14.5. The number of morpholine rings is 1. The van der Waals surface area contributed by atoms with Gasteiger partial charge in [0.1, 0.15) is 28.5 Å². The van der Waals surface area contributed by atoms with Crippen LogP contribution in [0.15, 0.2) is 41.6 Å². The molecule has 0 bridgehead atoms. The van der Waals surface area contributed by atoms with Crippen LogP contribution in [0.2, 0.25) is 0 Å². The molecule has 5 aromatic rings. The van der Waals surface area contributed by atoms with Gasteiger partial charge in [-0.3, -0.25) is 9.48 Å². The number of H-pyrrole nitrogens is 2. The Hall–Kier alpha value is -4.36. The first-order chi connectivity index (χ1) is 18.5. The zero-order chi connectivity index (χ0) is 26.2. The molecule has 0 spiro atoms. The van der Waals surface area contributed by atoms with Crippen molar-refractivity contribution in [1.82, 2.24) is 34.7 Å². The summed E-state index contributed by atoms with van der Waals surface area (Å²) in [5, 5.41) is 7.92. The molecule has 1 aliphatic heterocycles. The van der Waals surface area contributed by atoms with Crippen molar-refractivity contribution in [3.63, 3.8) is 0 Å². The number of pyridine rings is 1. The van der Waals surface area contributed by atoms with Crippen LogP contribution < -0.4 is 15.8 Å². The van der Waals surface area contributed by atoms with Crippen LogP contribution >= 0.6 is 0 Å². The van der Waals surface area contributed by atoms with Gasteiger partial charge in [-0.1, -0.05) is 7.43 Å². The van der Waals surface area contributed by atoms with E-state index in [-0.39, 0.29) is 30.9 Å². The first kappa shape index (κ1) is 26.3. The summed E-state index contributed by atoms with van der Waals surface area (Å²) in [5.74, 6) is 0.209. The molecule has 1 atom stereocenters. The molecule has 1 fully saturated rings. The van der Waals surface area contributed by atoms with E-state index in [1.54, 1.807) is 43.5 Å². The lowest BCUT2D eigenvalue weighted by molar-refractivity contribution is 0.122. The lowest BCUT2D eigenvalue weighted by atomic mass is 10.1. The van der Waals surface area contributed by atoms with Gasteiger partial charge in [0.05, 0.1) is 36.5 Å². The number of anilines is 2. The standard InChI is InChI=1S/C25H26FN9O3.CH4/c1-34-12-17-21(33-34)22(29-18(13-37-2)23-27-4-3-5-28-23)19(25(36)31-17)24-30-16-11-14(10-15(26)20(16)32-24)35-6-8-38-9-7-35;/h3-5,10-12,18,29H,6-9,13H2,1-2H3,(H,30,32)(H,31,36);1H4/t18-;/m0./s1. The van der Waals surface area contributed by atoms with E-state index in [1.807, 2.05) is 6.07 Å². The maximum atomic E-state index is 15.2. The number of ether oxygens (including phenoxy) is 2. The molecule has 0 radical (unpaired) electrons. The number of aromatic amines is 2. The Labute approximate surface area is 223 Å². The van der Waals surface area contributed by atoms with E-state index in [2.05, 4.69) is 40.2 Å². The van der Waals surface area contributed by atoms with E-state index in [0.717, 1.165) is 5.69 Å². The number of fused-ring (bicyclic) bond motifs is 2. The molecular weight excluding hydrogens is 505 g/mol. The average molecular weight is 536 g/mol. The van der Waals surface area contributed by atoms with Gasteiger partial charge in [-0.25, -0.2) is 19.3 Å². The molecule has 5 heterocycles. The zero-order valence-corrected chi connectivity index (χ0v) is 20.9. The van der Waals surface area contributed by atoms with Crippen LogP contribution in [0.3, 0.4) is 0 Å². The maximum absolute atomic E-state index is 15.2. The number of methoxy groups -OCH3 is 1. The molecule has 4 aromatic heterocycles. The summed E-state index contributed by atoms with van der Waals surface area (Å²) < 4.78 is 27.7. The fourth-order valence-electron chi connectivity index (χ4n) is 4.74. The highest BCUT2D eigenvalue weighted by molar-refractivity contribution is 5.97. The van der Waals surface area contributed by atoms with Crippen LogP contribution in [0.1, 0.15) is 19.3 Å². The SMILES string of the molecule is C.COC[C@H](Nc1c(-c2nc3c(F)cc(N4CCOCC4)cc3[nH]2)c(=O)[nH]c2cn(C)nc12)c1ncccn1. The molecule has 6 rings (SSSR count). The van der Waals surface area contributed by atoms with Gasteiger partial charge < -0.3 is 29.7 Å². The maximum Gasteiger partial charge on any atom is 0.261 e. The minimum Gasteiger partial charge on any atom is -0.382 e. The second-order valence-corrected chi connectivity index (χ2v) is 9.04. The van der Waals surface area contributed by atoms with E-state index < -0.39 is 17.4 Å². The number of aryl methyl sites for hydroxylation is 1. The van der Waals surface area contributed by atoms with Crippen LogP contribution in [0.4, 0.5) is 15.8 Å². The first-order valence-electron chi connectivity index (χ1n) is 12.2. The van der Waals surface area contributed by atoms with Crippen molar-refractivity contribution in [3.8, 4) is 11.4 Å². The largest absolute Gasteiger partial charge is 0.382 e. The van der Waals surface area contributed by atoms with Crippen LogP contribution in [0.5, 0.6) is 0 Å². The number of hydrogen-bond acceptors (Lipinski definition) is 9. The van der Waals surface area contributed by atoms with Crippen molar-refractivity contribution in [3.05, 3.63) is 58.8 Å². The zero-order valence-electron chi connectivity index (χ0n) is 20.9. The summed E-state index contributed by atoms with van der Waals surface area (Å²) in [7, 11) is 3.33. The van der Waals surface area contributed by atoms with Gasteiger partial charge in [-0.05, 0) is 18.2 Å². The van der Waals surface area contributed by atoms with E-state index in [9.17, 15) is 4.79 Å². The molecule has 1 saturated heterocycles. The Bertz CT molecular complexity index is 1660. The predicted octanol–water partition coefficient (Wildman–Crippen LogP) is 3.01. The van der Waals surface area contributed by atoms with Crippen LogP contribution in [0, 0.1) is 5.82 Å². The minimum atomic E-state index is -0.499. The Morgan fingerprint density at radius 3 is 2.67 bits per heavy atom. The van der Waals surface area contributed by atoms with E-state index in [1.165, 1.54) is 6.07 Å². The van der Waals surface area contributed by atoms with Crippen molar-refractivity contribution in [2.24, 2.45) is 7.05 Å². The van der Waals surface area contributed by atoms with Crippen molar-refractivity contribution >= 4 is 33.4 Å². The first-order valence-corrected chi connectivity index (χ1v) is 12.2. The second kappa shape index (κ2) is 10.8. The number of benzene rings is 1. The van der Waals surface area contributed by atoms with Gasteiger partial charge in [-0.2, -0.15) is 5.10 Å². The summed E-state index contributed by atoms with van der Waals surface area (Å²) in [6.45, 7) is 2.71. The van der Waals surface area contributed by atoms with Gasteiger partial charge in [0, 0.05) is 51.5 Å². The molecule has 204 valence electrons. The van der Waals surface area contributed by atoms with E-state index >= 15 is 4.39 Å². The Balaban J connectivity index is 0.00000308. The van der Waals surface area contributed by atoms with Gasteiger partial charge in [-0.15, -0.1) is 0 Å². The van der Waals surface area contributed by atoms with Crippen molar-refractivity contribution in [2.45, 2.75) is 13.5 Å². The fourth-order valence-corrected chi connectivity index (χ4v) is 4.74. The summed E-state index contributed by atoms with van der Waals surface area (Å²) in [6, 6.07) is 4.52. The Kier molecular flexibility index (Phi) is 7.26. The average Bonchev–Trinajstić information content (AvgIpc) is 3.52. The van der Waals surface area contributed by atoms with Crippen molar-refractivity contribution in [1.29, 1.82) is 0 Å². The highest BCUT2D eigenvalue weighted by Gasteiger charge is 2.25. The number of imidazole rings is 1. The lowest BCUT2D eigenvalue weighted by Gasteiger charge is -2.28. The summed E-state index contributed by atoms with van der Waals surface area (Å²) in [6.07, 6.45) is 4.98. The molecule has 39 heavy (non-hydrogen) atoms. The summed E-state index contributed by atoms with van der Waals surface area (Å²) in [4.78, 5) is 34.7. The summed E-state index contributed by atoms with van der Waals surface area (Å²) in [5.41, 5.74) is 2.58. The number of aromatic nitrogens is 7. The predicted molar refractivity (Wildman–Crippen MR) is 146 cm³/mol. The van der Waals surface area contributed by atoms with Crippen LogP contribution in [0.25, 0.3) is 33.5 Å². The molecular formula is C26H30FN9O3. The highest BCUT2D eigenvalue weighted by Crippen LogP contribution is 2.34. The molecule has 12 nitrogen and oxygen atoms in total. The molecule has 0 saturated carbocycles. The van der Waals surface area contributed by atoms with Gasteiger partial charge >= 0.3 is 0 Å². The number of nitrogens with zero attached hydrogens (tertiary/aromatic N) is 6. The van der Waals surface area contributed by atoms with E-state index in [4.69, 9.17) is 9.47 Å². The molecule has 0 amide bonds. The second-order valence-electron chi connectivity index (χ2n) is 9.04. The molecule has 1 aliphatic rings. The van der Waals surface area contributed by atoms with Crippen molar-refractivity contribution in [2.75, 3.05) is 50.2 Å². The third-order valence-electron chi connectivity index (χ3n) is 6.48. The van der Waals surface area contributed by atoms with Crippen LogP contribution in [-0.4, -0.2) is 74.7 Å². The van der Waals surface area contributed by atoms with Gasteiger partial charge in [0.25, 0.3) is 5.56 Å². The number of nitrogens with one attached hydrogen (secondary N) is 3. The molecule has 0 unspecified atom stereocenters. The minimum absolute atomic E-state index is 0. The number of hydrogen-bond donors (Lipinski definition) is 3. The molecule has 1 aromatic carbocycles. The third kappa shape index (κ3) is 4.93. The molecule has 13 heteroatoms. The van der Waals surface area contributed by atoms with E-state index in [0.29, 0.717) is 54.4 Å². The van der Waals surface area contributed by atoms with Gasteiger partial charge in [0.2, 0.25) is 0 Å². The summed E-state index contributed by atoms with van der Waals surface area (Å²) >= 11 is 0. The van der Waals surface area contributed by atoms with Crippen LogP contribution in [-0.2, 0) is 16.5 Å².